The maximum atomic E-state index is 14.0. The molecule has 7 nitrogen and oxygen atoms in total. The molecule has 0 saturated heterocycles. The lowest BCUT2D eigenvalue weighted by Gasteiger charge is -2.32. The van der Waals surface area contributed by atoms with Crippen LogP contribution in [0.3, 0.4) is 0 Å². The van der Waals surface area contributed by atoms with E-state index in [0.717, 1.165) is 11.8 Å². The summed E-state index contributed by atoms with van der Waals surface area (Å²) in [4.78, 5) is 29.2. The monoisotopic (exact) mass is 665 g/mol. The van der Waals surface area contributed by atoms with Crippen molar-refractivity contribution in [3.05, 3.63) is 98.5 Å². The largest absolute Gasteiger partial charge is 0.354 e. The molecular weight excluding hydrogens is 629 g/mol. The second-order valence-electron chi connectivity index (χ2n) is 10.9. The van der Waals surface area contributed by atoms with Gasteiger partial charge in [-0.3, -0.25) is 13.9 Å². The Morgan fingerprint density at radius 3 is 2.09 bits per heavy atom. The Balaban J connectivity index is 1.94. The van der Waals surface area contributed by atoms with Crippen LogP contribution >= 0.6 is 34.8 Å². The first-order valence-electron chi connectivity index (χ1n) is 14.1. The van der Waals surface area contributed by atoms with E-state index in [4.69, 9.17) is 34.8 Å². The third-order valence-corrected chi connectivity index (χ3v) is 9.30. The molecule has 0 saturated carbocycles. The van der Waals surface area contributed by atoms with E-state index < -0.39 is 16.1 Å². The summed E-state index contributed by atoms with van der Waals surface area (Å²) in [5.41, 5.74) is 2.49. The highest BCUT2D eigenvalue weighted by atomic mass is 35.5. The summed E-state index contributed by atoms with van der Waals surface area (Å²) < 4.78 is 26.8. The zero-order valence-corrected chi connectivity index (χ0v) is 27.9. The summed E-state index contributed by atoms with van der Waals surface area (Å²) in [6.07, 6.45) is 1.58. The first kappa shape index (κ1) is 34.7. The molecule has 43 heavy (non-hydrogen) atoms. The molecule has 3 rings (SSSR count). The molecule has 3 aromatic carbocycles. The van der Waals surface area contributed by atoms with Crippen LogP contribution in [-0.2, 0) is 32.6 Å². The number of nitrogens with one attached hydrogen (secondary N) is 1. The second-order valence-corrected chi connectivity index (χ2v) is 14.0. The molecule has 0 aliphatic carbocycles. The van der Waals surface area contributed by atoms with E-state index in [1.807, 2.05) is 44.2 Å². The molecule has 0 bridgehead atoms. The van der Waals surface area contributed by atoms with Crippen LogP contribution in [0.5, 0.6) is 0 Å². The van der Waals surface area contributed by atoms with E-state index >= 15 is 0 Å². The van der Waals surface area contributed by atoms with Crippen molar-refractivity contribution in [2.24, 2.45) is 5.92 Å². The van der Waals surface area contributed by atoms with Crippen molar-refractivity contribution < 1.29 is 18.0 Å². The average molecular weight is 667 g/mol. The van der Waals surface area contributed by atoms with Crippen molar-refractivity contribution >= 4 is 62.3 Å². The normalized spacial score (nSPS) is 12.2. The Morgan fingerprint density at radius 1 is 0.884 bits per heavy atom. The highest BCUT2D eigenvalue weighted by molar-refractivity contribution is 7.92. The number of nitrogens with zero attached hydrogens (tertiary/aromatic N) is 2. The van der Waals surface area contributed by atoms with Crippen LogP contribution < -0.4 is 9.62 Å². The van der Waals surface area contributed by atoms with Crippen LogP contribution in [0.25, 0.3) is 0 Å². The summed E-state index contributed by atoms with van der Waals surface area (Å²) >= 11 is 19.3. The Bertz CT molecular complexity index is 1500. The molecule has 232 valence electrons. The molecule has 2 amide bonds. The van der Waals surface area contributed by atoms with Crippen molar-refractivity contribution in [1.29, 1.82) is 0 Å². The maximum Gasteiger partial charge on any atom is 0.243 e. The van der Waals surface area contributed by atoms with Gasteiger partial charge in [0.15, 0.2) is 0 Å². The van der Waals surface area contributed by atoms with Crippen molar-refractivity contribution in [2.75, 3.05) is 23.7 Å². The van der Waals surface area contributed by atoms with Gasteiger partial charge in [0.25, 0.3) is 0 Å². The summed E-state index contributed by atoms with van der Waals surface area (Å²) in [6.45, 7) is 6.24. The SMILES string of the molecule is Cc1c(Cl)cccc1N(CCCC(=O)N(Cc1c(Cl)cccc1Cl)C(Cc1ccccc1)C(=O)NCC(C)C)S(C)(=O)=O. The standard InChI is InChI=1S/C32H38Cl3N3O4S/c1-22(2)20-36-32(40)30(19-24-11-6-5-7-12-24)37(21-25-27(34)14-8-15-28(25)35)31(39)17-10-18-38(43(4,41)42)29-16-9-13-26(33)23(29)3/h5-9,11-16,22,30H,10,17-21H2,1-4H3,(H,36,40). The fourth-order valence-corrected chi connectivity index (χ4v) is 6.38. The molecule has 3 aromatic rings. The minimum absolute atomic E-state index is 0.00707. The first-order valence-corrected chi connectivity index (χ1v) is 17.0. The molecule has 0 fully saturated rings. The molecule has 11 heteroatoms. The number of sulfonamides is 1. The fraction of sp³-hybridized carbons (Fsp3) is 0.375. The molecule has 0 heterocycles. The number of carbonyl (C=O) groups excluding carboxylic acids is 2. The number of rotatable bonds is 14. The molecule has 1 unspecified atom stereocenters. The highest BCUT2D eigenvalue weighted by Crippen LogP contribution is 2.30. The van der Waals surface area contributed by atoms with Crippen LogP contribution in [0.15, 0.2) is 66.7 Å². The number of halogens is 3. The van der Waals surface area contributed by atoms with Gasteiger partial charge in [0.2, 0.25) is 21.8 Å². The average Bonchev–Trinajstić information content (AvgIpc) is 2.94. The van der Waals surface area contributed by atoms with Gasteiger partial charge in [0.05, 0.1) is 11.9 Å². The van der Waals surface area contributed by atoms with Gasteiger partial charge in [-0.25, -0.2) is 8.42 Å². The molecule has 0 aromatic heterocycles. The molecule has 1 atom stereocenters. The van der Waals surface area contributed by atoms with E-state index in [1.54, 1.807) is 43.3 Å². The smallest absolute Gasteiger partial charge is 0.243 e. The third kappa shape index (κ3) is 9.86. The summed E-state index contributed by atoms with van der Waals surface area (Å²) in [6, 6.07) is 18.8. The zero-order chi connectivity index (χ0) is 31.7. The summed E-state index contributed by atoms with van der Waals surface area (Å²) in [7, 11) is -3.67. The number of benzene rings is 3. The Labute approximate surface area is 270 Å². The Morgan fingerprint density at radius 2 is 1.49 bits per heavy atom. The van der Waals surface area contributed by atoms with Gasteiger partial charge in [-0.1, -0.05) is 91.1 Å². The van der Waals surface area contributed by atoms with Gasteiger partial charge >= 0.3 is 0 Å². The second kappa shape index (κ2) is 15.8. The van der Waals surface area contributed by atoms with Crippen LogP contribution in [0.1, 0.15) is 43.4 Å². The summed E-state index contributed by atoms with van der Waals surface area (Å²) in [5, 5.41) is 4.19. The third-order valence-electron chi connectivity index (χ3n) is 7.01. The maximum absolute atomic E-state index is 14.0. The quantitative estimate of drug-likeness (QED) is 0.203. The minimum Gasteiger partial charge on any atom is -0.354 e. The lowest BCUT2D eigenvalue weighted by molar-refractivity contribution is -0.141. The van der Waals surface area contributed by atoms with Gasteiger partial charge in [-0.15, -0.1) is 0 Å². The van der Waals surface area contributed by atoms with E-state index in [9.17, 15) is 18.0 Å². The molecule has 1 N–H and O–H groups in total. The van der Waals surface area contributed by atoms with Gasteiger partial charge in [0, 0.05) is 53.1 Å². The van der Waals surface area contributed by atoms with Crippen LogP contribution in [0, 0.1) is 12.8 Å². The first-order chi connectivity index (χ1) is 20.3. The zero-order valence-electron chi connectivity index (χ0n) is 24.8. The predicted octanol–water partition coefficient (Wildman–Crippen LogP) is 6.91. The van der Waals surface area contributed by atoms with E-state index in [0.29, 0.717) is 38.4 Å². The molecule has 0 spiro atoms. The van der Waals surface area contributed by atoms with Crippen LogP contribution in [-0.4, -0.2) is 50.5 Å². The predicted molar refractivity (Wildman–Crippen MR) is 176 cm³/mol. The van der Waals surface area contributed by atoms with Gasteiger partial charge in [0.1, 0.15) is 6.04 Å². The molecule has 0 radical (unpaired) electrons. The Kier molecular flexibility index (Phi) is 12.8. The number of anilines is 1. The molecule has 0 aliphatic rings. The summed E-state index contributed by atoms with van der Waals surface area (Å²) in [5.74, 6) is -0.408. The van der Waals surface area contributed by atoms with Crippen LogP contribution in [0.4, 0.5) is 5.69 Å². The van der Waals surface area contributed by atoms with E-state index in [-0.39, 0.29) is 50.1 Å². The van der Waals surface area contributed by atoms with E-state index in [1.165, 1.54) is 9.21 Å². The van der Waals surface area contributed by atoms with Crippen molar-refractivity contribution in [3.63, 3.8) is 0 Å². The lowest BCUT2D eigenvalue weighted by Crippen LogP contribution is -2.51. The fourth-order valence-electron chi connectivity index (χ4n) is 4.68. The van der Waals surface area contributed by atoms with Crippen molar-refractivity contribution in [3.8, 4) is 0 Å². The minimum atomic E-state index is -3.67. The Hall–Kier alpha value is -2.78. The molecular formula is C32H38Cl3N3O4S. The van der Waals surface area contributed by atoms with Gasteiger partial charge in [-0.2, -0.15) is 0 Å². The molecule has 0 aliphatic heterocycles. The number of carbonyl (C=O) groups is 2. The number of hydrogen-bond acceptors (Lipinski definition) is 4. The lowest BCUT2D eigenvalue weighted by atomic mass is 10.0. The van der Waals surface area contributed by atoms with Gasteiger partial charge < -0.3 is 10.2 Å². The van der Waals surface area contributed by atoms with E-state index in [2.05, 4.69) is 5.32 Å². The van der Waals surface area contributed by atoms with Crippen molar-refractivity contribution in [2.45, 2.75) is 52.6 Å². The number of hydrogen-bond donors (Lipinski definition) is 1. The van der Waals surface area contributed by atoms with Gasteiger partial charge in [-0.05, 0) is 54.7 Å². The van der Waals surface area contributed by atoms with Crippen molar-refractivity contribution in [1.82, 2.24) is 10.2 Å². The highest BCUT2D eigenvalue weighted by Gasteiger charge is 2.31. The van der Waals surface area contributed by atoms with Crippen LogP contribution in [0.2, 0.25) is 15.1 Å². The topological polar surface area (TPSA) is 86.8 Å². The number of amides is 2.